The van der Waals surface area contributed by atoms with E-state index in [0.29, 0.717) is 0 Å². The second-order valence-electron chi connectivity index (χ2n) is 2.98. The van der Waals surface area contributed by atoms with Crippen LogP contribution in [-0.2, 0) is 12.8 Å². The summed E-state index contributed by atoms with van der Waals surface area (Å²) in [4.78, 5) is 0. The summed E-state index contributed by atoms with van der Waals surface area (Å²) >= 11 is 2.73. The molecule has 0 aromatic heterocycles. The average molecular weight is 369 g/mol. The molecular formula is C10H12Se3. The molecule has 13 heavy (non-hydrogen) atoms. The van der Waals surface area contributed by atoms with Gasteiger partial charge in [0.25, 0.3) is 0 Å². The van der Waals surface area contributed by atoms with Gasteiger partial charge in [-0.2, -0.15) is 0 Å². The fourth-order valence-corrected chi connectivity index (χ4v) is 23.4. The predicted octanol–water partition coefficient (Wildman–Crippen LogP) is 0.0182. The molecule has 70 valence electrons. The van der Waals surface area contributed by atoms with Crippen molar-refractivity contribution < 1.29 is 0 Å². The summed E-state index contributed by atoms with van der Waals surface area (Å²) < 4.78 is 3.60. The van der Waals surface area contributed by atoms with Crippen molar-refractivity contribution in [1.82, 2.24) is 0 Å². The SMILES string of the molecule is CCc1ccc(CC)c2c1[Se][Se][Se]2. The van der Waals surface area contributed by atoms with Crippen molar-refractivity contribution in [3.8, 4) is 0 Å². The molecule has 0 amide bonds. The van der Waals surface area contributed by atoms with Gasteiger partial charge in [0, 0.05) is 0 Å². The quantitative estimate of drug-likeness (QED) is 0.645. The zero-order valence-corrected chi connectivity index (χ0v) is 12.9. The van der Waals surface area contributed by atoms with Crippen LogP contribution in [0.1, 0.15) is 25.0 Å². The molecular weight excluding hydrogens is 357 g/mol. The van der Waals surface area contributed by atoms with Gasteiger partial charge in [-0.25, -0.2) is 0 Å². The van der Waals surface area contributed by atoms with Crippen molar-refractivity contribution in [1.29, 1.82) is 0 Å². The molecule has 0 nitrogen and oxygen atoms in total. The maximum absolute atomic E-state index is 2.37. The Morgan fingerprint density at radius 3 is 1.77 bits per heavy atom. The van der Waals surface area contributed by atoms with E-state index in [1.54, 1.807) is 20.1 Å². The van der Waals surface area contributed by atoms with Gasteiger partial charge in [0.1, 0.15) is 0 Å². The first kappa shape index (κ1) is 10.3. The van der Waals surface area contributed by atoms with Gasteiger partial charge in [-0.05, 0) is 0 Å². The third kappa shape index (κ3) is 1.92. The molecule has 0 fully saturated rings. The van der Waals surface area contributed by atoms with Crippen molar-refractivity contribution in [2.24, 2.45) is 0 Å². The van der Waals surface area contributed by atoms with Crippen LogP contribution in [0.25, 0.3) is 0 Å². The third-order valence-corrected chi connectivity index (χ3v) is 18.7. The predicted molar refractivity (Wildman–Crippen MR) is 61.7 cm³/mol. The van der Waals surface area contributed by atoms with E-state index in [2.05, 4.69) is 26.0 Å². The van der Waals surface area contributed by atoms with Crippen LogP contribution in [-0.4, -0.2) is 37.6 Å². The molecule has 1 aliphatic heterocycles. The molecule has 0 spiro atoms. The zero-order valence-electron chi connectivity index (χ0n) is 7.79. The van der Waals surface area contributed by atoms with E-state index >= 15 is 0 Å². The molecule has 0 saturated carbocycles. The third-order valence-electron chi connectivity index (χ3n) is 2.27. The first-order valence-corrected chi connectivity index (χ1v) is 14.9. The van der Waals surface area contributed by atoms with Crippen LogP contribution in [0, 0.1) is 0 Å². The van der Waals surface area contributed by atoms with Gasteiger partial charge in [-0.1, -0.05) is 0 Å². The summed E-state index contributed by atoms with van der Waals surface area (Å²) in [5.74, 6) is 0. The van der Waals surface area contributed by atoms with Gasteiger partial charge in [0.2, 0.25) is 0 Å². The monoisotopic (exact) mass is 372 g/mol. The molecule has 1 heterocycles. The number of fused-ring (bicyclic) bond motifs is 1. The van der Waals surface area contributed by atoms with Crippen LogP contribution in [0.15, 0.2) is 12.1 Å². The summed E-state index contributed by atoms with van der Waals surface area (Å²) in [6.45, 7) is 4.57. The van der Waals surface area contributed by atoms with Gasteiger partial charge in [-0.15, -0.1) is 0 Å². The van der Waals surface area contributed by atoms with E-state index in [-0.39, 0.29) is 0 Å². The molecule has 0 aliphatic carbocycles. The molecule has 1 aromatic carbocycles. The Balaban J connectivity index is 2.52. The standard InChI is InChI=1S/C10H12Se3/c1-3-7-5-6-8(4-2)10-9(7)11-13-12-10/h5-6H,3-4H2,1-2H3. The summed E-state index contributed by atoms with van der Waals surface area (Å²) in [6, 6.07) is 4.74. The fraction of sp³-hybridized carbons (Fsp3) is 0.400. The van der Waals surface area contributed by atoms with Crippen molar-refractivity contribution in [3.05, 3.63) is 23.3 Å². The molecule has 0 N–H and O–H groups in total. The summed E-state index contributed by atoms with van der Waals surface area (Å²) in [5, 5.41) is 0. The fourth-order valence-electron chi connectivity index (χ4n) is 1.47. The van der Waals surface area contributed by atoms with Crippen molar-refractivity contribution in [2.45, 2.75) is 26.7 Å². The number of rotatable bonds is 2. The van der Waals surface area contributed by atoms with Crippen molar-refractivity contribution in [3.63, 3.8) is 0 Å². The van der Waals surface area contributed by atoms with E-state index in [0.717, 1.165) is 37.6 Å². The Labute approximate surface area is 95.8 Å². The van der Waals surface area contributed by atoms with Crippen LogP contribution in [0.2, 0.25) is 0 Å². The van der Waals surface area contributed by atoms with E-state index < -0.39 is 0 Å². The first-order valence-electron chi connectivity index (χ1n) is 4.52. The van der Waals surface area contributed by atoms with Crippen LogP contribution in [0.5, 0.6) is 0 Å². The Morgan fingerprint density at radius 1 is 0.923 bits per heavy atom. The number of hydrogen-bond donors (Lipinski definition) is 0. The zero-order chi connectivity index (χ0) is 9.26. The average Bonchev–Trinajstić information content (AvgIpc) is 2.64. The van der Waals surface area contributed by atoms with Crippen molar-refractivity contribution >= 4 is 46.5 Å². The Bertz CT molecular complexity index is 289. The maximum atomic E-state index is 2.37. The summed E-state index contributed by atoms with van der Waals surface area (Å²) in [5.41, 5.74) is 3.29. The minimum absolute atomic E-state index is 0.874. The van der Waals surface area contributed by atoms with Crippen molar-refractivity contribution in [2.75, 3.05) is 0 Å². The number of benzene rings is 1. The second-order valence-corrected chi connectivity index (χ2v) is 18.5. The molecule has 2 rings (SSSR count). The van der Waals surface area contributed by atoms with Crippen LogP contribution in [0.4, 0.5) is 0 Å². The number of hydrogen-bond acceptors (Lipinski definition) is 0. The molecule has 0 unspecified atom stereocenters. The normalized spacial score (nSPS) is 14.6. The summed E-state index contributed by atoms with van der Waals surface area (Å²) in [6.07, 6.45) is 2.47. The second kappa shape index (κ2) is 4.53. The molecule has 1 aliphatic rings. The van der Waals surface area contributed by atoms with Gasteiger partial charge in [0.05, 0.1) is 0 Å². The Hall–Kier alpha value is 0.778. The Kier molecular flexibility index (Phi) is 3.59. The van der Waals surface area contributed by atoms with E-state index in [4.69, 9.17) is 0 Å². The topological polar surface area (TPSA) is 0 Å². The number of aryl methyl sites for hydroxylation is 2. The molecule has 1 aromatic rings. The summed E-state index contributed by atoms with van der Waals surface area (Å²) in [7, 11) is 0. The van der Waals surface area contributed by atoms with Gasteiger partial charge < -0.3 is 0 Å². The molecule has 0 radical (unpaired) electrons. The van der Waals surface area contributed by atoms with E-state index in [1.807, 2.05) is 0 Å². The van der Waals surface area contributed by atoms with Crippen LogP contribution >= 0.6 is 0 Å². The molecule has 3 heteroatoms. The van der Waals surface area contributed by atoms with E-state index in [9.17, 15) is 0 Å². The molecule has 0 atom stereocenters. The van der Waals surface area contributed by atoms with Gasteiger partial charge in [0.15, 0.2) is 0 Å². The molecule has 0 saturated heterocycles. The first-order chi connectivity index (χ1) is 6.36. The van der Waals surface area contributed by atoms with Crippen LogP contribution < -0.4 is 8.92 Å². The van der Waals surface area contributed by atoms with Crippen LogP contribution in [0.3, 0.4) is 0 Å². The molecule has 0 bridgehead atoms. The van der Waals surface area contributed by atoms with Gasteiger partial charge >= 0.3 is 96.4 Å². The van der Waals surface area contributed by atoms with Gasteiger partial charge in [-0.3, -0.25) is 0 Å². The van der Waals surface area contributed by atoms with E-state index in [1.165, 1.54) is 12.8 Å². The Morgan fingerprint density at radius 2 is 1.38 bits per heavy atom. The minimum atomic E-state index is 0.874.